The number of anilines is 1. The Hall–Kier alpha value is -2.86. The number of carboxylic acid groups (broad SMARTS) is 1. The molecule has 1 fully saturated rings. The van der Waals surface area contributed by atoms with Crippen LogP contribution < -0.4 is 10.2 Å². The van der Waals surface area contributed by atoms with E-state index in [9.17, 15) is 14.7 Å². The molecule has 0 spiro atoms. The molecule has 2 aromatic carbocycles. The van der Waals surface area contributed by atoms with E-state index < -0.39 is 17.9 Å². The number of amides is 1. The number of nitrogens with one attached hydrogen (secondary N) is 1. The molecule has 1 heterocycles. The first-order chi connectivity index (χ1) is 12.1. The Labute approximate surface area is 146 Å². The summed E-state index contributed by atoms with van der Waals surface area (Å²) in [4.78, 5) is 26.1. The van der Waals surface area contributed by atoms with Crippen LogP contribution in [0.15, 0.2) is 54.6 Å². The summed E-state index contributed by atoms with van der Waals surface area (Å²) < 4.78 is 5.33. The highest BCUT2D eigenvalue weighted by atomic mass is 16.5. The minimum absolute atomic E-state index is 0.412. The molecule has 0 bridgehead atoms. The van der Waals surface area contributed by atoms with E-state index in [1.807, 2.05) is 12.1 Å². The average Bonchev–Trinajstić information content (AvgIpc) is 2.67. The number of carbonyl (C=O) groups excluding carboxylic acids is 1. The van der Waals surface area contributed by atoms with E-state index in [-0.39, 0.29) is 0 Å². The van der Waals surface area contributed by atoms with Crippen LogP contribution in [0.3, 0.4) is 0 Å². The van der Waals surface area contributed by atoms with Crippen molar-refractivity contribution in [2.45, 2.75) is 6.04 Å². The minimum atomic E-state index is -1.09. The molecule has 0 radical (unpaired) electrons. The number of rotatable bonds is 5. The van der Waals surface area contributed by atoms with Crippen LogP contribution in [0.5, 0.6) is 0 Å². The molecule has 25 heavy (non-hydrogen) atoms. The molecule has 1 amide bonds. The fourth-order valence-corrected chi connectivity index (χ4v) is 2.79. The zero-order valence-electron chi connectivity index (χ0n) is 13.7. The monoisotopic (exact) mass is 340 g/mol. The predicted octanol–water partition coefficient (Wildman–Crippen LogP) is 2.08. The molecule has 2 aromatic rings. The van der Waals surface area contributed by atoms with Crippen molar-refractivity contribution in [2.75, 3.05) is 31.2 Å². The van der Waals surface area contributed by atoms with Crippen LogP contribution in [-0.2, 0) is 9.53 Å². The van der Waals surface area contributed by atoms with Gasteiger partial charge in [-0.25, -0.2) is 4.79 Å². The summed E-state index contributed by atoms with van der Waals surface area (Å²) in [5.74, 6) is -1.51. The summed E-state index contributed by atoms with van der Waals surface area (Å²) in [6.07, 6.45) is 0. The van der Waals surface area contributed by atoms with Crippen LogP contribution in [0.25, 0.3) is 0 Å². The summed E-state index contributed by atoms with van der Waals surface area (Å²) in [6, 6.07) is 14.7. The highest BCUT2D eigenvalue weighted by Crippen LogP contribution is 2.18. The van der Waals surface area contributed by atoms with E-state index >= 15 is 0 Å². The molecule has 1 atom stereocenters. The molecule has 0 aliphatic carbocycles. The lowest BCUT2D eigenvalue weighted by molar-refractivity contribution is -0.139. The van der Waals surface area contributed by atoms with Gasteiger partial charge in [0, 0.05) is 24.3 Å². The van der Waals surface area contributed by atoms with Gasteiger partial charge in [-0.15, -0.1) is 0 Å². The summed E-state index contributed by atoms with van der Waals surface area (Å²) in [5, 5.41) is 12.0. The van der Waals surface area contributed by atoms with Crippen molar-refractivity contribution in [2.24, 2.45) is 0 Å². The number of carboxylic acids is 1. The second-order valence-electron chi connectivity index (χ2n) is 5.80. The van der Waals surface area contributed by atoms with Crippen molar-refractivity contribution in [3.8, 4) is 0 Å². The summed E-state index contributed by atoms with van der Waals surface area (Å²) in [7, 11) is 0. The molecule has 0 unspecified atom stereocenters. The van der Waals surface area contributed by atoms with Gasteiger partial charge in [-0.05, 0) is 29.8 Å². The third-order valence-corrected chi connectivity index (χ3v) is 4.16. The lowest BCUT2D eigenvalue weighted by atomic mass is 10.1. The second kappa shape index (κ2) is 7.81. The number of benzene rings is 2. The van der Waals surface area contributed by atoms with Crippen molar-refractivity contribution in [1.29, 1.82) is 0 Å². The van der Waals surface area contributed by atoms with Gasteiger partial charge in [-0.2, -0.15) is 0 Å². The van der Waals surface area contributed by atoms with Gasteiger partial charge < -0.3 is 20.1 Å². The van der Waals surface area contributed by atoms with Gasteiger partial charge in [0.25, 0.3) is 5.91 Å². The molecule has 2 N–H and O–H groups in total. The number of carbonyl (C=O) groups is 2. The van der Waals surface area contributed by atoms with Gasteiger partial charge in [0.1, 0.15) is 0 Å². The molecule has 6 nitrogen and oxygen atoms in total. The molecule has 0 aromatic heterocycles. The van der Waals surface area contributed by atoms with Gasteiger partial charge in [0.15, 0.2) is 6.04 Å². The fraction of sp³-hybridized carbons (Fsp3) is 0.263. The Morgan fingerprint density at radius 3 is 2.24 bits per heavy atom. The first-order valence-corrected chi connectivity index (χ1v) is 8.16. The van der Waals surface area contributed by atoms with Gasteiger partial charge in [0.2, 0.25) is 0 Å². The Balaban J connectivity index is 1.70. The van der Waals surface area contributed by atoms with Crippen molar-refractivity contribution < 1.29 is 19.4 Å². The molecule has 6 heteroatoms. The summed E-state index contributed by atoms with van der Waals surface area (Å²) in [6.45, 7) is 3.03. The lowest BCUT2D eigenvalue weighted by Crippen LogP contribution is -2.36. The van der Waals surface area contributed by atoms with E-state index in [0.29, 0.717) is 24.3 Å². The maximum absolute atomic E-state index is 12.4. The average molecular weight is 340 g/mol. The van der Waals surface area contributed by atoms with Crippen molar-refractivity contribution >= 4 is 17.6 Å². The highest BCUT2D eigenvalue weighted by Gasteiger charge is 2.22. The standard InChI is InChI=1S/C19H20N2O4/c22-18(20-17(19(23)24)14-4-2-1-3-5-14)15-6-8-16(9-7-15)21-10-12-25-13-11-21/h1-9,17H,10-13H2,(H,20,22)(H,23,24)/t17-/m1/s1. The maximum Gasteiger partial charge on any atom is 0.330 e. The molecular weight excluding hydrogens is 320 g/mol. The first-order valence-electron chi connectivity index (χ1n) is 8.16. The lowest BCUT2D eigenvalue weighted by Gasteiger charge is -2.28. The zero-order chi connectivity index (χ0) is 17.6. The SMILES string of the molecule is O=C(N[C@@H](C(=O)O)c1ccccc1)c1ccc(N2CCOCC2)cc1. The molecular formula is C19H20N2O4. The number of nitrogens with zero attached hydrogens (tertiary/aromatic N) is 1. The summed E-state index contributed by atoms with van der Waals surface area (Å²) in [5.41, 5.74) is 1.99. The van der Waals surface area contributed by atoms with Gasteiger partial charge in [-0.3, -0.25) is 4.79 Å². The normalized spacial score (nSPS) is 15.4. The van der Waals surface area contributed by atoms with Crippen LogP contribution in [0.4, 0.5) is 5.69 Å². The van der Waals surface area contributed by atoms with Crippen molar-refractivity contribution in [1.82, 2.24) is 5.32 Å². The number of morpholine rings is 1. The predicted molar refractivity (Wildman–Crippen MR) is 93.8 cm³/mol. The Kier molecular flexibility index (Phi) is 5.30. The molecule has 1 aliphatic rings. The van der Waals surface area contributed by atoms with Crippen molar-refractivity contribution in [3.05, 3.63) is 65.7 Å². The molecule has 3 rings (SSSR count). The number of hydrogen-bond donors (Lipinski definition) is 2. The van der Waals surface area contributed by atoms with Crippen LogP contribution in [0, 0.1) is 0 Å². The van der Waals surface area contributed by atoms with Crippen LogP contribution in [-0.4, -0.2) is 43.3 Å². The van der Waals surface area contributed by atoms with E-state index in [1.54, 1.807) is 42.5 Å². The smallest absolute Gasteiger partial charge is 0.330 e. The second-order valence-corrected chi connectivity index (χ2v) is 5.80. The summed E-state index contributed by atoms with van der Waals surface area (Å²) >= 11 is 0. The van der Waals surface area contributed by atoms with Gasteiger partial charge >= 0.3 is 5.97 Å². The van der Waals surface area contributed by atoms with Crippen molar-refractivity contribution in [3.63, 3.8) is 0 Å². The van der Waals surface area contributed by atoms with E-state index in [4.69, 9.17) is 4.74 Å². The van der Waals surface area contributed by atoms with Crippen LogP contribution in [0.2, 0.25) is 0 Å². The van der Waals surface area contributed by atoms with E-state index in [0.717, 1.165) is 18.8 Å². The topological polar surface area (TPSA) is 78.9 Å². The molecule has 1 saturated heterocycles. The zero-order valence-corrected chi connectivity index (χ0v) is 13.7. The number of aliphatic carboxylic acids is 1. The Bertz CT molecular complexity index is 725. The van der Waals surface area contributed by atoms with Crippen LogP contribution >= 0.6 is 0 Å². The maximum atomic E-state index is 12.4. The quantitative estimate of drug-likeness (QED) is 0.871. The Morgan fingerprint density at radius 2 is 1.64 bits per heavy atom. The minimum Gasteiger partial charge on any atom is -0.479 e. The highest BCUT2D eigenvalue weighted by molar-refractivity contribution is 5.97. The number of hydrogen-bond acceptors (Lipinski definition) is 4. The van der Waals surface area contributed by atoms with Crippen LogP contribution in [0.1, 0.15) is 22.0 Å². The number of ether oxygens (including phenoxy) is 1. The van der Waals surface area contributed by atoms with Gasteiger partial charge in [-0.1, -0.05) is 30.3 Å². The van der Waals surface area contributed by atoms with E-state index in [2.05, 4.69) is 10.2 Å². The Morgan fingerprint density at radius 1 is 1.00 bits per heavy atom. The fourth-order valence-electron chi connectivity index (χ4n) is 2.79. The third kappa shape index (κ3) is 4.16. The van der Waals surface area contributed by atoms with E-state index in [1.165, 1.54) is 0 Å². The first kappa shape index (κ1) is 17.0. The largest absolute Gasteiger partial charge is 0.479 e. The molecule has 130 valence electrons. The third-order valence-electron chi connectivity index (χ3n) is 4.16. The van der Waals surface area contributed by atoms with Gasteiger partial charge in [0.05, 0.1) is 13.2 Å². The molecule has 0 saturated carbocycles. The molecule has 1 aliphatic heterocycles.